The van der Waals surface area contributed by atoms with Gasteiger partial charge in [0.05, 0.1) is 5.56 Å². The summed E-state index contributed by atoms with van der Waals surface area (Å²) in [6, 6.07) is 4.65. The number of rotatable bonds is 0. The molecule has 0 fully saturated rings. The van der Waals surface area contributed by atoms with Crippen LogP contribution in [0.4, 0.5) is 13.2 Å². The predicted octanol–water partition coefficient (Wildman–Crippen LogP) is 2.73. The van der Waals surface area contributed by atoms with Crippen LogP contribution in [0.15, 0.2) is 23.0 Å². The minimum atomic E-state index is -4.45. The van der Waals surface area contributed by atoms with Crippen molar-refractivity contribution >= 4 is 10.8 Å². The number of aromatic amines is 1. The van der Waals surface area contributed by atoms with Crippen molar-refractivity contribution in [3.05, 3.63) is 45.4 Å². The Kier molecular flexibility index (Phi) is 2.62. The quantitative estimate of drug-likeness (QED) is 0.783. The number of hydrogen-bond donors (Lipinski definition) is 1. The molecule has 3 nitrogen and oxygen atoms in total. The van der Waals surface area contributed by atoms with E-state index >= 15 is 0 Å². The van der Waals surface area contributed by atoms with Crippen LogP contribution in [0.1, 0.15) is 16.8 Å². The van der Waals surface area contributed by atoms with Crippen LogP contribution >= 0.6 is 0 Å². The molecule has 1 N–H and O–H groups in total. The fourth-order valence-electron chi connectivity index (χ4n) is 1.78. The molecule has 1 aromatic heterocycles. The lowest BCUT2D eigenvalue weighted by Crippen LogP contribution is -2.13. The minimum Gasteiger partial charge on any atom is -0.325 e. The lowest BCUT2D eigenvalue weighted by molar-refractivity contribution is -0.137. The van der Waals surface area contributed by atoms with Gasteiger partial charge in [-0.2, -0.15) is 18.4 Å². The Morgan fingerprint density at radius 3 is 2.50 bits per heavy atom. The maximum Gasteiger partial charge on any atom is 0.416 e. The number of nitriles is 1. The first-order valence-corrected chi connectivity index (χ1v) is 4.98. The van der Waals surface area contributed by atoms with Crippen molar-refractivity contribution in [1.29, 1.82) is 5.26 Å². The van der Waals surface area contributed by atoms with E-state index in [0.29, 0.717) is 5.69 Å². The highest BCUT2D eigenvalue weighted by molar-refractivity contribution is 5.89. The molecule has 6 heteroatoms. The van der Waals surface area contributed by atoms with E-state index in [1.807, 2.05) is 0 Å². The van der Waals surface area contributed by atoms with Crippen molar-refractivity contribution in [3.8, 4) is 6.07 Å². The van der Waals surface area contributed by atoms with Gasteiger partial charge < -0.3 is 4.98 Å². The topological polar surface area (TPSA) is 56.6 Å². The zero-order chi connectivity index (χ0) is 13.5. The van der Waals surface area contributed by atoms with Crippen LogP contribution in [0.2, 0.25) is 0 Å². The molecule has 0 aliphatic heterocycles. The van der Waals surface area contributed by atoms with Gasteiger partial charge in [0, 0.05) is 16.5 Å². The number of H-pyrrole nitrogens is 1. The Morgan fingerprint density at radius 1 is 1.28 bits per heavy atom. The third-order valence-corrected chi connectivity index (χ3v) is 2.66. The van der Waals surface area contributed by atoms with E-state index in [1.165, 1.54) is 6.92 Å². The molecule has 0 aliphatic carbocycles. The first-order valence-electron chi connectivity index (χ1n) is 4.98. The highest BCUT2D eigenvalue weighted by Crippen LogP contribution is 2.32. The summed E-state index contributed by atoms with van der Waals surface area (Å²) in [5.74, 6) is 0. The van der Waals surface area contributed by atoms with Gasteiger partial charge in [0.2, 0.25) is 0 Å². The normalized spacial score (nSPS) is 11.5. The number of alkyl halides is 3. The van der Waals surface area contributed by atoms with E-state index in [-0.39, 0.29) is 16.3 Å². The van der Waals surface area contributed by atoms with Crippen molar-refractivity contribution in [2.75, 3.05) is 0 Å². The van der Waals surface area contributed by atoms with Crippen molar-refractivity contribution < 1.29 is 13.2 Å². The number of fused-ring (bicyclic) bond motifs is 1. The molecule has 2 aromatic rings. The fourth-order valence-corrected chi connectivity index (χ4v) is 1.78. The van der Waals surface area contributed by atoms with E-state index in [9.17, 15) is 18.0 Å². The van der Waals surface area contributed by atoms with E-state index < -0.39 is 17.3 Å². The van der Waals surface area contributed by atoms with Crippen molar-refractivity contribution in [2.24, 2.45) is 0 Å². The van der Waals surface area contributed by atoms with Crippen LogP contribution in [0.25, 0.3) is 10.8 Å². The van der Waals surface area contributed by atoms with Gasteiger partial charge in [-0.15, -0.1) is 0 Å². The maximum atomic E-state index is 12.6. The Hall–Kier alpha value is -2.29. The Morgan fingerprint density at radius 2 is 1.94 bits per heavy atom. The highest BCUT2D eigenvalue weighted by Gasteiger charge is 2.30. The number of benzene rings is 1. The minimum absolute atomic E-state index is 0.177. The monoisotopic (exact) mass is 252 g/mol. The Bertz CT molecular complexity index is 723. The second-order valence-electron chi connectivity index (χ2n) is 3.82. The molecule has 0 aliphatic rings. The number of nitrogens with one attached hydrogen (secondary N) is 1. The molecule has 2 rings (SSSR count). The van der Waals surface area contributed by atoms with Crippen LogP contribution in [0.3, 0.4) is 0 Å². The summed E-state index contributed by atoms with van der Waals surface area (Å²) in [5.41, 5.74) is -1.28. The molecule has 1 aromatic carbocycles. The van der Waals surface area contributed by atoms with E-state index in [0.717, 1.165) is 18.2 Å². The van der Waals surface area contributed by atoms with Gasteiger partial charge in [-0.25, -0.2) is 0 Å². The van der Waals surface area contributed by atoms with E-state index in [2.05, 4.69) is 4.98 Å². The van der Waals surface area contributed by atoms with Crippen LogP contribution < -0.4 is 5.56 Å². The summed E-state index contributed by atoms with van der Waals surface area (Å²) in [6.45, 7) is 1.49. The highest BCUT2D eigenvalue weighted by atomic mass is 19.4. The zero-order valence-corrected chi connectivity index (χ0v) is 9.22. The van der Waals surface area contributed by atoms with E-state index in [1.54, 1.807) is 6.07 Å². The number of aromatic nitrogens is 1. The number of aryl methyl sites for hydroxylation is 1. The van der Waals surface area contributed by atoms with Gasteiger partial charge in [0.1, 0.15) is 11.6 Å². The summed E-state index contributed by atoms with van der Waals surface area (Å²) >= 11 is 0. The largest absolute Gasteiger partial charge is 0.416 e. The van der Waals surface area contributed by atoms with Crippen molar-refractivity contribution in [1.82, 2.24) is 4.98 Å². The summed E-state index contributed by atoms with van der Waals surface area (Å²) in [7, 11) is 0. The molecule has 0 atom stereocenters. The van der Waals surface area contributed by atoms with Gasteiger partial charge in [-0.3, -0.25) is 4.79 Å². The molecule has 0 amide bonds. The van der Waals surface area contributed by atoms with Gasteiger partial charge >= 0.3 is 6.18 Å². The van der Waals surface area contributed by atoms with Crippen LogP contribution in [0.5, 0.6) is 0 Å². The molecule has 0 bridgehead atoms. The molecule has 0 unspecified atom stereocenters. The molecule has 1 heterocycles. The molecule has 92 valence electrons. The van der Waals surface area contributed by atoms with Crippen LogP contribution in [0, 0.1) is 18.3 Å². The number of hydrogen-bond acceptors (Lipinski definition) is 2. The average Bonchev–Trinajstić information content (AvgIpc) is 2.27. The molecule has 0 saturated heterocycles. The second-order valence-corrected chi connectivity index (χ2v) is 3.82. The smallest absolute Gasteiger partial charge is 0.325 e. The zero-order valence-electron chi connectivity index (χ0n) is 9.22. The number of pyridine rings is 1. The fraction of sp³-hybridized carbons (Fsp3) is 0.167. The Balaban J connectivity index is 2.89. The molecule has 0 spiro atoms. The SMILES string of the molecule is Cc1[nH]c(=O)c(C#N)c2ccc(C(F)(F)F)cc12. The number of halogens is 3. The van der Waals surface area contributed by atoms with Crippen LogP contribution in [-0.2, 0) is 6.18 Å². The van der Waals surface area contributed by atoms with Gasteiger partial charge in [-0.1, -0.05) is 6.07 Å². The summed E-state index contributed by atoms with van der Waals surface area (Å²) < 4.78 is 37.7. The molecule has 0 saturated carbocycles. The van der Waals surface area contributed by atoms with Gasteiger partial charge in [0.15, 0.2) is 0 Å². The maximum absolute atomic E-state index is 12.6. The third-order valence-electron chi connectivity index (χ3n) is 2.66. The molecule has 0 radical (unpaired) electrons. The lowest BCUT2D eigenvalue weighted by Gasteiger charge is -2.09. The van der Waals surface area contributed by atoms with Crippen molar-refractivity contribution in [2.45, 2.75) is 13.1 Å². The lowest BCUT2D eigenvalue weighted by atomic mass is 10.0. The Labute approximate surface area is 99.5 Å². The first-order chi connectivity index (χ1) is 8.34. The third kappa shape index (κ3) is 1.84. The second kappa shape index (κ2) is 3.88. The van der Waals surface area contributed by atoms with Crippen LogP contribution in [-0.4, -0.2) is 4.98 Å². The first kappa shape index (κ1) is 12.2. The van der Waals surface area contributed by atoms with Crippen molar-refractivity contribution in [3.63, 3.8) is 0 Å². The number of nitrogens with zero attached hydrogens (tertiary/aromatic N) is 1. The molecule has 18 heavy (non-hydrogen) atoms. The summed E-state index contributed by atoms with van der Waals surface area (Å²) in [6.07, 6.45) is -4.45. The summed E-state index contributed by atoms with van der Waals surface area (Å²) in [5, 5.41) is 9.30. The predicted molar refractivity (Wildman–Crippen MR) is 59.0 cm³/mol. The van der Waals surface area contributed by atoms with Gasteiger partial charge in [0.25, 0.3) is 5.56 Å². The average molecular weight is 252 g/mol. The van der Waals surface area contributed by atoms with Gasteiger partial charge in [-0.05, 0) is 19.1 Å². The standard InChI is InChI=1S/C12H7F3N2O/c1-6-9-4-7(12(13,14)15)2-3-8(9)10(5-16)11(18)17-6/h2-4H,1H3,(H,17,18). The molecular weight excluding hydrogens is 245 g/mol. The van der Waals surface area contributed by atoms with E-state index in [4.69, 9.17) is 5.26 Å². The summed E-state index contributed by atoms with van der Waals surface area (Å²) in [4.78, 5) is 13.8. The molecular formula is C12H7F3N2O.